The van der Waals surface area contributed by atoms with E-state index in [4.69, 9.17) is 14.6 Å². The van der Waals surface area contributed by atoms with E-state index in [9.17, 15) is 4.79 Å². The van der Waals surface area contributed by atoms with E-state index in [1.54, 1.807) is 4.90 Å². The van der Waals surface area contributed by atoms with Gasteiger partial charge >= 0.3 is 6.09 Å². The molecule has 0 aromatic rings. The Labute approximate surface area is 109 Å². The molecule has 5 nitrogen and oxygen atoms in total. The molecule has 0 radical (unpaired) electrons. The summed E-state index contributed by atoms with van der Waals surface area (Å²) in [4.78, 5) is 13.6. The molecule has 0 bridgehead atoms. The predicted molar refractivity (Wildman–Crippen MR) is 68.5 cm³/mol. The highest BCUT2D eigenvalue weighted by Gasteiger charge is 2.38. The summed E-state index contributed by atoms with van der Waals surface area (Å²) in [5, 5.41) is 8.73. The summed E-state index contributed by atoms with van der Waals surface area (Å²) < 4.78 is 11.1. The van der Waals surface area contributed by atoms with Crippen molar-refractivity contribution in [2.45, 2.75) is 51.7 Å². The zero-order valence-corrected chi connectivity index (χ0v) is 11.9. The third-order valence-electron chi connectivity index (χ3n) is 2.84. The largest absolute Gasteiger partial charge is 0.444 e. The van der Waals surface area contributed by atoms with Crippen molar-refractivity contribution in [2.75, 3.05) is 26.3 Å². The zero-order valence-electron chi connectivity index (χ0n) is 11.9. The van der Waals surface area contributed by atoms with E-state index >= 15 is 0 Å². The molecule has 0 aliphatic carbocycles. The maximum atomic E-state index is 11.9. The number of hydrogen-bond donors (Lipinski definition) is 1. The molecule has 1 atom stereocenters. The first-order chi connectivity index (χ1) is 8.26. The van der Waals surface area contributed by atoms with Crippen LogP contribution in [0.2, 0.25) is 0 Å². The molecule has 106 valence electrons. The van der Waals surface area contributed by atoms with Crippen LogP contribution in [-0.4, -0.2) is 53.6 Å². The summed E-state index contributed by atoms with van der Waals surface area (Å²) in [5.74, 6) is 0. The second-order valence-electron chi connectivity index (χ2n) is 6.03. The minimum atomic E-state index is -0.464. The summed E-state index contributed by atoms with van der Waals surface area (Å²) in [6.45, 7) is 9.43. The van der Waals surface area contributed by atoms with Gasteiger partial charge in [-0.3, -0.25) is 0 Å². The van der Waals surface area contributed by atoms with E-state index in [-0.39, 0.29) is 18.3 Å². The summed E-state index contributed by atoms with van der Waals surface area (Å²) >= 11 is 0. The van der Waals surface area contributed by atoms with Gasteiger partial charge in [0.25, 0.3) is 0 Å². The lowest BCUT2D eigenvalue weighted by atomic mass is 10.1. The first-order valence-electron chi connectivity index (χ1n) is 6.48. The van der Waals surface area contributed by atoms with E-state index < -0.39 is 5.60 Å². The van der Waals surface area contributed by atoms with Crippen molar-refractivity contribution >= 4 is 6.09 Å². The van der Waals surface area contributed by atoms with Crippen molar-refractivity contribution in [3.63, 3.8) is 0 Å². The lowest BCUT2D eigenvalue weighted by Gasteiger charge is -2.27. The van der Waals surface area contributed by atoms with Gasteiger partial charge < -0.3 is 19.5 Å². The number of likely N-dealkylation sites (tertiary alicyclic amines) is 1. The predicted octanol–water partition coefficient (Wildman–Crippen LogP) is 1.78. The smallest absolute Gasteiger partial charge is 0.410 e. The highest BCUT2D eigenvalue weighted by atomic mass is 16.6. The van der Waals surface area contributed by atoms with E-state index in [1.165, 1.54) is 0 Å². The number of hydrogen-bond acceptors (Lipinski definition) is 4. The number of ether oxygens (including phenoxy) is 2. The van der Waals surface area contributed by atoms with Crippen molar-refractivity contribution in [3.8, 4) is 0 Å². The third-order valence-corrected chi connectivity index (χ3v) is 2.84. The van der Waals surface area contributed by atoms with Crippen LogP contribution in [0.15, 0.2) is 0 Å². The Morgan fingerprint density at radius 3 is 2.67 bits per heavy atom. The number of carbonyl (C=O) groups is 1. The Bertz CT molecular complexity index is 287. The second-order valence-corrected chi connectivity index (χ2v) is 6.03. The fourth-order valence-electron chi connectivity index (χ4n) is 1.92. The first kappa shape index (κ1) is 15.2. The van der Waals surface area contributed by atoms with Gasteiger partial charge in [0.15, 0.2) is 0 Å². The SMILES string of the molecule is CC(C)(C)OC(=O)N1CCC(C)(OCCCO)C1. The molecule has 1 amide bonds. The van der Waals surface area contributed by atoms with Gasteiger partial charge in [-0.15, -0.1) is 0 Å². The van der Waals surface area contributed by atoms with Gasteiger partial charge in [0.05, 0.1) is 12.1 Å². The van der Waals surface area contributed by atoms with Gasteiger partial charge in [-0.25, -0.2) is 4.79 Å². The number of aliphatic hydroxyl groups is 1. The Hall–Kier alpha value is -0.810. The maximum Gasteiger partial charge on any atom is 0.410 e. The van der Waals surface area contributed by atoms with Crippen molar-refractivity contribution in [1.82, 2.24) is 4.90 Å². The number of aliphatic hydroxyl groups excluding tert-OH is 1. The minimum Gasteiger partial charge on any atom is -0.444 e. The van der Waals surface area contributed by atoms with Crippen LogP contribution < -0.4 is 0 Å². The lowest BCUT2D eigenvalue weighted by molar-refractivity contribution is -0.0314. The van der Waals surface area contributed by atoms with Crippen LogP contribution in [0.5, 0.6) is 0 Å². The van der Waals surface area contributed by atoms with Crippen LogP contribution in [-0.2, 0) is 9.47 Å². The summed E-state index contributed by atoms with van der Waals surface area (Å²) in [6.07, 6.45) is 1.15. The lowest BCUT2D eigenvalue weighted by Crippen LogP contribution is -2.39. The molecule has 0 aromatic heterocycles. The van der Waals surface area contributed by atoms with Gasteiger partial charge in [-0.05, 0) is 40.5 Å². The van der Waals surface area contributed by atoms with Crippen LogP contribution in [0, 0.1) is 0 Å². The molecule has 0 spiro atoms. The molecule has 0 aromatic carbocycles. The van der Waals surface area contributed by atoms with E-state index in [1.807, 2.05) is 27.7 Å². The quantitative estimate of drug-likeness (QED) is 0.782. The number of nitrogens with zero attached hydrogens (tertiary/aromatic N) is 1. The van der Waals surface area contributed by atoms with Crippen molar-refractivity contribution < 1.29 is 19.4 Å². The average Bonchev–Trinajstić information content (AvgIpc) is 2.59. The maximum absolute atomic E-state index is 11.9. The standard InChI is InChI=1S/C13H25NO4/c1-12(2,3)18-11(16)14-7-6-13(4,10-14)17-9-5-8-15/h15H,5-10H2,1-4H3. The molecule has 1 fully saturated rings. The topological polar surface area (TPSA) is 59.0 Å². The van der Waals surface area contributed by atoms with Gasteiger partial charge in [-0.1, -0.05) is 0 Å². The molecule has 1 rings (SSSR count). The van der Waals surface area contributed by atoms with Crippen LogP contribution >= 0.6 is 0 Å². The Kier molecular flexibility index (Phi) is 4.99. The number of amides is 1. The van der Waals surface area contributed by atoms with Crippen molar-refractivity contribution in [2.24, 2.45) is 0 Å². The van der Waals surface area contributed by atoms with E-state index in [0.29, 0.717) is 26.1 Å². The van der Waals surface area contributed by atoms with Crippen LogP contribution in [0.4, 0.5) is 4.79 Å². The summed E-state index contributed by atoms with van der Waals surface area (Å²) in [5.41, 5.74) is -0.778. The average molecular weight is 259 g/mol. The molecular weight excluding hydrogens is 234 g/mol. The monoisotopic (exact) mass is 259 g/mol. The van der Waals surface area contributed by atoms with E-state index in [0.717, 1.165) is 6.42 Å². The van der Waals surface area contributed by atoms with Crippen molar-refractivity contribution in [1.29, 1.82) is 0 Å². The number of carbonyl (C=O) groups excluding carboxylic acids is 1. The Morgan fingerprint density at radius 1 is 1.44 bits per heavy atom. The second kappa shape index (κ2) is 5.89. The molecule has 1 heterocycles. The molecular formula is C13H25NO4. The fraction of sp³-hybridized carbons (Fsp3) is 0.923. The summed E-state index contributed by atoms with van der Waals surface area (Å²) in [6, 6.07) is 0. The van der Waals surface area contributed by atoms with Crippen LogP contribution in [0.3, 0.4) is 0 Å². The van der Waals surface area contributed by atoms with Gasteiger partial charge in [0, 0.05) is 19.8 Å². The Morgan fingerprint density at radius 2 is 2.11 bits per heavy atom. The third kappa shape index (κ3) is 4.82. The molecule has 1 aliphatic rings. The first-order valence-corrected chi connectivity index (χ1v) is 6.48. The van der Waals surface area contributed by atoms with Crippen molar-refractivity contribution in [3.05, 3.63) is 0 Å². The molecule has 1 unspecified atom stereocenters. The van der Waals surface area contributed by atoms with Crippen LogP contribution in [0.1, 0.15) is 40.5 Å². The van der Waals surface area contributed by atoms with Gasteiger partial charge in [0.1, 0.15) is 5.60 Å². The molecule has 1 saturated heterocycles. The molecule has 5 heteroatoms. The normalized spacial score (nSPS) is 24.4. The molecule has 18 heavy (non-hydrogen) atoms. The number of rotatable bonds is 4. The molecule has 0 saturated carbocycles. The molecule has 1 N–H and O–H groups in total. The van der Waals surface area contributed by atoms with Gasteiger partial charge in [-0.2, -0.15) is 0 Å². The molecule has 1 aliphatic heterocycles. The van der Waals surface area contributed by atoms with E-state index in [2.05, 4.69) is 0 Å². The zero-order chi connectivity index (χ0) is 13.8. The highest BCUT2D eigenvalue weighted by Crippen LogP contribution is 2.26. The van der Waals surface area contributed by atoms with Crippen LogP contribution in [0.25, 0.3) is 0 Å². The minimum absolute atomic E-state index is 0.131. The summed E-state index contributed by atoms with van der Waals surface area (Å²) in [7, 11) is 0. The Balaban J connectivity index is 2.42. The highest BCUT2D eigenvalue weighted by molar-refractivity contribution is 5.68. The fourth-order valence-corrected chi connectivity index (χ4v) is 1.92. The van der Waals surface area contributed by atoms with Gasteiger partial charge in [0.2, 0.25) is 0 Å².